The van der Waals surface area contributed by atoms with Crippen LogP contribution in [-0.4, -0.2) is 26.3 Å². The lowest BCUT2D eigenvalue weighted by molar-refractivity contribution is 0.143. The van der Waals surface area contributed by atoms with Crippen molar-refractivity contribution in [3.8, 4) is 11.4 Å². The van der Waals surface area contributed by atoms with Gasteiger partial charge in [0.1, 0.15) is 0 Å². The number of aromatic nitrogens is 2. The van der Waals surface area contributed by atoms with Gasteiger partial charge < -0.3 is 9.63 Å². The average molecular weight is 248 g/mol. The molecule has 3 N–H and O–H groups in total. The number of benzene rings is 1. The zero-order chi connectivity index (χ0) is 13.1. The maximum absolute atomic E-state index is 10.6. The summed E-state index contributed by atoms with van der Waals surface area (Å²) in [4.78, 5) is 14.7. The molecule has 0 unspecified atom stereocenters. The van der Waals surface area contributed by atoms with Gasteiger partial charge in [-0.25, -0.2) is 15.6 Å². The Hall–Kier alpha value is -2.41. The lowest BCUT2D eigenvalue weighted by Gasteiger charge is -2.12. The van der Waals surface area contributed by atoms with Crippen LogP contribution in [0.1, 0.15) is 11.5 Å². The quantitative estimate of drug-likeness (QED) is 0.483. The molecule has 0 aliphatic rings. The highest BCUT2D eigenvalue weighted by Crippen LogP contribution is 2.16. The molecule has 1 aromatic heterocycles. The Balaban J connectivity index is 2.13. The molecule has 0 aliphatic heterocycles. The third kappa shape index (κ3) is 2.64. The van der Waals surface area contributed by atoms with E-state index in [9.17, 15) is 4.79 Å². The van der Waals surface area contributed by atoms with Crippen LogP contribution in [0, 0.1) is 6.92 Å². The van der Waals surface area contributed by atoms with Gasteiger partial charge in [-0.05, 0) is 5.56 Å². The number of nitrogens with two attached hydrogens (primary N) is 1. The topological polar surface area (TPSA) is 105 Å². The van der Waals surface area contributed by atoms with Crippen molar-refractivity contribution < 1.29 is 14.4 Å². The molecule has 18 heavy (non-hydrogen) atoms. The highest BCUT2D eigenvalue weighted by atomic mass is 16.5. The van der Waals surface area contributed by atoms with Crippen molar-refractivity contribution >= 4 is 6.09 Å². The minimum atomic E-state index is -1.17. The average Bonchev–Trinajstić information content (AvgIpc) is 2.76. The fourth-order valence-electron chi connectivity index (χ4n) is 1.44. The summed E-state index contributed by atoms with van der Waals surface area (Å²) in [6.07, 6.45) is -1.17. The fraction of sp³-hybridized carbons (Fsp3) is 0.182. The first-order valence-corrected chi connectivity index (χ1v) is 5.21. The fourth-order valence-corrected chi connectivity index (χ4v) is 1.44. The molecule has 1 amide bonds. The van der Waals surface area contributed by atoms with Crippen molar-refractivity contribution in [3.05, 3.63) is 35.7 Å². The zero-order valence-electron chi connectivity index (χ0n) is 9.70. The number of nitrogens with zero attached hydrogens (tertiary/aromatic N) is 3. The number of amides is 1. The second-order valence-corrected chi connectivity index (χ2v) is 3.74. The van der Waals surface area contributed by atoms with Crippen molar-refractivity contribution in [3.63, 3.8) is 0 Å². The lowest BCUT2D eigenvalue weighted by atomic mass is 10.1. The van der Waals surface area contributed by atoms with Crippen LogP contribution in [-0.2, 0) is 6.54 Å². The molecule has 7 nitrogen and oxygen atoms in total. The number of hydrogen-bond donors (Lipinski definition) is 2. The van der Waals surface area contributed by atoms with Gasteiger partial charge >= 0.3 is 6.09 Å². The van der Waals surface area contributed by atoms with E-state index in [1.807, 2.05) is 0 Å². The lowest BCUT2D eigenvalue weighted by Crippen LogP contribution is -2.35. The van der Waals surface area contributed by atoms with E-state index in [4.69, 9.17) is 15.5 Å². The van der Waals surface area contributed by atoms with Gasteiger partial charge in [-0.3, -0.25) is 0 Å². The van der Waals surface area contributed by atoms with Gasteiger partial charge in [-0.2, -0.15) is 4.98 Å². The Morgan fingerprint density at radius 3 is 2.61 bits per heavy atom. The third-order valence-electron chi connectivity index (χ3n) is 2.34. The predicted octanol–water partition coefficient (Wildman–Crippen LogP) is 1.40. The number of rotatable bonds is 3. The van der Waals surface area contributed by atoms with Gasteiger partial charge in [0, 0.05) is 12.5 Å². The SMILES string of the molecule is Cc1nc(-c2ccc(CN(N)C(=O)O)cc2)no1. The van der Waals surface area contributed by atoms with E-state index in [0.717, 1.165) is 11.1 Å². The molecule has 0 spiro atoms. The maximum Gasteiger partial charge on any atom is 0.421 e. The van der Waals surface area contributed by atoms with E-state index in [1.54, 1.807) is 31.2 Å². The van der Waals surface area contributed by atoms with Crippen molar-refractivity contribution in [2.24, 2.45) is 5.84 Å². The molecule has 0 bridgehead atoms. The van der Waals surface area contributed by atoms with Crippen molar-refractivity contribution in [2.45, 2.75) is 13.5 Å². The molecule has 0 aliphatic carbocycles. The standard InChI is InChI=1S/C11H12N4O3/c1-7-13-10(14-18-7)9-4-2-8(3-5-9)6-15(12)11(16)17/h2-5H,6,12H2,1H3,(H,16,17). The van der Waals surface area contributed by atoms with Gasteiger partial charge in [0.05, 0.1) is 6.54 Å². The van der Waals surface area contributed by atoms with Gasteiger partial charge in [-0.1, -0.05) is 29.4 Å². The predicted molar refractivity (Wildman–Crippen MR) is 62.2 cm³/mol. The molecule has 7 heteroatoms. The summed E-state index contributed by atoms with van der Waals surface area (Å²) in [6.45, 7) is 1.84. The molecule has 0 fully saturated rings. The third-order valence-corrected chi connectivity index (χ3v) is 2.34. The Morgan fingerprint density at radius 1 is 1.44 bits per heavy atom. The number of aryl methyl sites for hydroxylation is 1. The molecule has 2 aromatic rings. The Bertz CT molecular complexity index is 550. The second-order valence-electron chi connectivity index (χ2n) is 3.74. The van der Waals surface area contributed by atoms with Gasteiger partial charge in [0.2, 0.25) is 11.7 Å². The Morgan fingerprint density at radius 2 is 2.11 bits per heavy atom. The van der Waals surface area contributed by atoms with Crippen LogP contribution in [0.4, 0.5) is 4.79 Å². The highest BCUT2D eigenvalue weighted by Gasteiger charge is 2.08. The minimum absolute atomic E-state index is 0.126. The summed E-state index contributed by atoms with van der Waals surface area (Å²) >= 11 is 0. The van der Waals surface area contributed by atoms with Crippen molar-refractivity contribution in [2.75, 3.05) is 0 Å². The zero-order valence-corrected chi connectivity index (χ0v) is 9.70. The van der Waals surface area contributed by atoms with E-state index < -0.39 is 6.09 Å². The Labute approximate surface area is 103 Å². The first-order valence-electron chi connectivity index (χ1n) is 5.21. The summed E-state index contributed by atoms with van der Waals surface area (Å²) in [5, 5.41) is 13.2. The van der Waals surface area contributed by atoms with Gasteiger partial charge in [-0.15, -0.1) is 0 Å². The number of hydrogen-bond acceptors (Lipinski definition) is 5. The number of carboxylic acid groups (broad SMARTS) is 1. The molecule has 1 aromatic carbocycles. The molecule has 2 rings (SSSR count). The van der Waals surface area contributed by atoms with Crippen LogP contribution >= 0.6 is 0 Å². The van der Waals surface area contributed by atoms with E-state index >= 15 is 0 Å². The van der Waals surface area contributed by atoms with E-state index in [-0.39, 0.29) is 6.54 Å². The molecule has 0 saturated heterocycles. The first kappa shape index (κ1) is 12.1. The van der Waals surface area contributed by atoms with Crippen LogP contribution < -0.4 is 5.84 Å². The minimum Gasteiger partial charge on any atom is -0.464 e. The summed E-state index contributed by atoms with van der Waals surface area (Å²) < 4.78 is 4.88. The highest BCUT2D eigenvalue weighted by molar-refractivity contribution is 5.64. The molecule has 0 atom stereocenters. The molecule has 1 heterocycles. The summed E-state index contributed by atoms with van der Waals surface area (Å²) in [5.74, 6) is 6.29. The molecule has 94 valence electrons. The van der Waals surface area contributed by atoms with Crippen LogP contribution in [0.5, 0.6) is 0 Å². The molecular formula is C11H12N4O3. The largest absolute Gasteiger partial charge is 0.464 e. The summed E-state index contributed by atoms with van der Waals surface area (Å²) in [5.41, 5.74) is 1.58. The van der Waals surface area contributed by atoms with Crippen LogP contribution in [0.3, 0.4) is 0 Å². The number of hydrazine groups is 1. The smallest absolute Gasteiger partial charge is 0.421 e. The number of carbonyl (C=O) groups is 1. The van der Waals surface area contributed by atoms with Crippen LogP contribution in [0.15, 0.2) is 28.8 Å². The van der Waals surface area contributed by atoms with Crippen LogP contribution in [0.25, 0.3) is 11.4 Å². The van der Waals surface area contributed by atoms with Crippen LogP contribution in [0.2, 0.25) is 0 Å². The summed E-state index contributed by atoms with van der Waals surface area (Å²) in [7, 11) is 0. The van der Waals surface area contributed by atoms with Crippen molar-refractivity contribution in [1.82, 2.24) is 15.1 Å². The normalized spacial score (nSPS) is 10.3. The van der Waals surface area contributed by atoms with E-state index in [1.165, 1.54) is 0 Å². The monoisotopic (exact) mass is 248 g/mol. The van der Waals surface area contributed by atoms with Gasteiger partial charge in [0.15, 0.2) is 0 Å². The maximum atomic E-state index is 10.6. The first-order chi connectivity index (χ1) is 8.56. The van der Waals surface area contributed by atoms with Crippen molar-refractivity contribution in [1.29, 1.82) is 0 Å². The summed E-state index contributed by atoms with van der Waals surface area (Å²) in [6, 6.07) is 7.11. The second kappa shape index (κ2) is 4.84. The van der Waals surface area contributed by atoms with E-state index in [0.29, 0.717) is 16.7 Å². The van der Waals surface area contributed by atoms with E-state index in [2.05, 4.69) is 10.1 Å². The van der Waals surface area contributed by atoms with Gasteiger partial charge in [0.25, 0.3) is 0 Å². The molecular weight excluding hydrogens is 236 g/mol. The molecule has 0 saturated carbocycles. The molecule has 0 radical (unpaired) electrons. The Kier molecular flexibility index (Phi) is 3.24.